The molecule has 0 saturated carbocycles. The van der Waals surface area contributed by atoms with Gasteiger partial charge < -0.3 is 24.4 Å². The Bertz CT molecular complexity index is 1930. The topological polar surface area (TPSA) is 95.8 Å². The minimum atomic E-state index is -3.18. The van der Waals surface area contributed by atoms with Crippen LogP contribution in [0.3, 0.4) is 0 Å². The molecule has 272 valence electrons. The fourth-order valence-electron chi connectivity index (χ4n) is 7.24. The van der Waals surface area contributed by atoms with Gasteiger partial charge in [0.25, 0.3) is 5.92 Å². The van der Waals surface area contributed by atoms with Crippen molar-refractivity contribution in [1.29, 1.82) is 0 Å². The van der Waals surface area contributed by atoms with E-state index in [1.165, 1.54) is 0 Å². The highest BCUT2D eigenvalue weighted by Crippen LogP contribution is 2.32. The molecule has 4 aromatic rings. The fourth-order valence-corrected chi connectivity index (χ4v) is 7.24. The van der Waals surface area contributed by atoms with E-state index < -0.39 is 30.2 Å². The molecule has 0 spiro atoms. The maximum absolute atomic E-state index is 15.3. The summed E-state index contributed by atoms with van der Waals surface area (Å²) >= 11 is 0. The highest BCUT2D eigenvalue weighted by atomic mass is 19.3. The van der Waals surface area contributed by atoms with E-state index in [1.54, 1.807) is 37.8 Å². The molecule has 1 aromatic carbocycles. The van der Waals surface area contributed by atoms with Crippen molar-refractivity contribution < 1.29 is 18.3 Å². The summed E-state index contributed by atoms with van der Waals surface area (Å²) in [5.74, 6) is -3.18. The average Bonchev–Trinajstić information content (AvgIpc) is 3.07. The number of nitrogens with zero attached hydrogens (tertiary/aromatic N) is 6. The first-order valence-corrected chi connectivity index (χ1v) is 17.7. The standard InChI is InChI=1S/C39H49F2N7O3/c1-26-9-10-31(20-43-26)46-16-7-8-32(24-46)48(21-28-13-15-42-27(2)18-28)23-29-22-45(6)34-19-30(11-12-33(34)36(29)49)47-17-14-35(39(40,41)25-47)44-37(50)51-38(3,4)5/h9-13,15,18-20,22,32,35H,7-8,14,16-17,21,23-25H2,1-6H3,(H,44,50)/t32-,35-/m0/s1. The molecule has 2 fully saturated rings. The van der Waals surface area contributed by atoms with Crippen LogP contribution in [0.4, 0.5) is 25.0 Å². The lowest BCUT2D eigenvalue weighted by molar-refractivity contribution is -0.0458. The number of ether oxygens (including phenoxy) is 1. The normalized spacial score (nSPS) is 19.4. The third kappa shape index (κ3) is 8.66. The number of aromatic nitrogens is 3. The van der Waals surface area contributed by atoms with Gasteiger partial charge in [0.05, 0.1) is 30.0 Å². The number of amides is 1. The van der Waals surface area contributed by atoms with Crippen molar-refractivity contribution in [3.63, 3.8) is 0 Å². The van der Waals surface area contributed by atoms with Crippen molar-refractivity contribution in [2.24, 2.45) is 7.05 Å². The van der Waals surface area contributed by atoms with Gasteiger partial charge in [0, 0.05) is 86.2 Å². The van der Waals surface area contributed by atoms with Crippen LogP contribution < -0.4 is 20.5 Å². The number of anilines is 2. The van der Waals surface area contributed by atoms with Crippen LogP contribution in [0, 0.1) is 13.8 Å². The lowest BCUT2D eigenvalue weighted by Gasteiger charge is -2.40. The molecule has 51 heavy (non-hydrogen) atoms. The Morgan fingerprint density at radius 3 is 2.49 bits per heavy atom. The van der Waals surface area contributed by atoms with Gasteiger partial charge in [-0.15, -0.1) is 0 Å². The van der Waals surface area contributed by atoms with Gasteiger partial charge in [-0.05, 0) is 102 Å². The summed E-state index contributed by atoms with van der Waals surface area (Å²) in [7, 11) is 1.89. The van der Waals surface area contributed by atoms with Crippen LogP contribution in [-0.2, 0) is 24.9 Å². The van der Waals surface area contributed by atoms with Crippen molar-refractivity contribution >= 4 is 28.4 Å². The number of aryl methyl sites for hydroxylation is 3. The van der Waals surface area contributed by atoms with E-state index in [0.717, 1.165) is 48.6 Å². The first kappa shape index (κ1) is 36.2. The number of benzene rings is 1. The van der Waals surface area contributed by atoms with Gasteiger partial charge >= 0.3 is 6.09 Å². The number of rotatable bonds is 8. The van der Waals surface area contributed by atoms with Crippen LogP contribution in [0.15, 0.2) is 65.8 Å². The Morgan fingerprint density at radius 1 is 1.00 bits per heavy atom. The molecule has 0 radical (unpaired) electrons. The second kappa shape index (κ2) is 14.6. The van der Waals surface area contributed by atoms with Crippen molar-refractivity contribution in [1.82, 2.24) is 24.8 Å². The first-order valence-electron chi connectivity index (χ1n) is 17.7. The predicted molar refractivity (Wildman–Crippen MR) is 197 cm³/mol. The molecule has 0 unspecified atom stereocenters. The van der Waals surface area contributed by atoms with Gasteiger partial charge in [0.1, 0.15) is 5.60 Å². The molecule has 2 saturated heterocycles. The molecule has 1 N–H and O–H groups in total. The number of carbonyl (C=O) groups is 1. The van der Waals surface area contributed by atoms with Crippen LogP contribution in [0.25, 0.3) is 10.9 Å². The lowest BCUT2D eigenvalue weighted by Crippen LogP contribution is -2.59. The number of hydrogen-bond donors (Lipinski definition) is 1. The number of alkyl carbamates (subject to hydrolysis) is 1. The molecule has 0 bridgehead atoms. The smallest absolute Gasteiger partial charge is 0.408 e. The Balaban J connectivity index is 1.23. The Hall–Kier alpha value is -4.58. The van der Waals surface area contributed by atoms with E-state index in [-0.39, 0.29) is 17.9 Å². The zero-order valence-corrected chi connectivity index (χ0v) is 30.5. The molecule has 6 rings (SSSR count). The van der Waals surface area contributed by atoms with E-state index in [2.05, 4.69) is 37.2 Å². The van der Waals surface area contributed by atoms with Crippen LogP contribution in [0.5, 0.6) is 0 Å². The fraction of sp³-hybridized carbons (Fsp3) is 0.487. The van der Waals surface area contributed by atoms with Gasteiger partial charge in [0.15, 0.2) is 5.43 Å². The molecule has 2 aliphatic heterocycles. The molecular formula is C39H49F2N7O3. The van der Waals surface area contributed by atoms with E-state index in [1.807, 2.05) is 62.3 Å². The molecule has 0 aliphatic carbocycles. The summed E-state index contributed by atoms with van der Waals surface area (Å²) in [5.41, 5.74) is 5.27. The Labute approximate surface area is 298 Å². The Kier molecular flexibility index (Phi) is 10.3. The zero-order valence-electron chi connectivity index (χ0n) is 30.5. The molecule has 10 nitrogen and oxygen atoms in total. The summed E-state index contributed by atoms with van der Waals surface area (Å²) in [6.45, 7) is 11.7. The Morgan fingerprint density at radius 2 is 1.78 bits per heavy atom. The van der Waals surface area contributed by atoms with Crippen molar-refractivity contribution in [2.45, 2.75) is 90.6 Å². The summed E-state index contributed by atoms with van der Waals surface area (Å²) in [6.07, 6.45) is 6.88. The van der Waals surface area contributed by atoms with Crippen LogP contribution in [0.2, 0.25) is 0 Å². The second-order valence-electron chi connectivity index (χ2n) is 15.1. The van der Waals surface area contributed by atoms with E-state index in [9.17, 15) is 9.59 Å². The van der Waals surface area contributed by atoms with Crippen LogP contribution >= 0.6 is 0 Å². The quantitative estimate of drug-likeness (QED) is 0.227. The molecule has 12 heteroatoms. The maximum atomic E-state index is 15.3. The number of hydrogen-bond acceptors (Lipinski definition) is 8. The largest absolute Gasteiger partial charge is 0.444 e. The second-order valence-corrected chi connectivity index (χ2v) is 15.1. The summed E-state index contributed by atoms with van der Waals surface area (Å²) in [4.78, 5) is 41.6. The van der Waals surface area contributed by atoms with E-state index in [0.29, 0.717) is 41.8 Å². The lowest BCUT2D eigenvalue weighted by atomic mass is 9.99. The van der Waals surface area contributed by atoms with Gasteiger partial charge in [-0.25, -0.2) is 13.6 Å². The van der Waals surface area contributed by atoms with Crippen LogP contribution in [-0.4, -0.2) is 75.3 Å². The highest BCUT2D eigenvalue weighted by molar-refractivity contribution is 5.83. The van der Waals surface area contributed by atoms with Gasteiger partial charge in [-0.3, -0.25) is 19.7 Å². The number of carbonyl (C=O) groups excluding carboxylic acids is 1. The third-order valence-electron chi connectivity index (χ3n) is 9.80. The minimum absolute atomic E-state index is 0.0496. The van der Waals surface area contributed by atoms with Crippen LogP contribution in [0.1, 0.15) is 62.5 Å². The van der Waals surface area contributed by atoms with E-state index >= 15 is 8.78 Å². The number of pyridine rings is 3. The molecule has 5 heterocycles. The number of nitrogens with one attached hydrogen (secondary N) is 1. The molecule has 2 atom stereocenters. The zero-order chi connectivity index (χ0) is 36.5. The van der Waals surface area contributed by atoms with E-state index in [4.69, 9.17) is 4.74 Å². The minimum Gasteiger partial charge on any atom is -0.444 e. The SMILES string of the molecule is Cc1ccc(N2CCC[C@H](N(Cc3ccnc(C)c3)Cc3cn(C)c4cc(N5CC[C@H](NC(=O)OC(C)(C)C)C(F)(F)C5)ccc4c3=O)C2)cn1. The monoisotopic (exact) mass is 701 g/mol. The number of halogens is 2. The molecule has 3 aromatic heterocycles. The third-order valence-corrected chi connectivity index (χ3v) is 9.80. The van der Waals surface area contributed by atoms with Gasteiger partial charge in [-0.2, -0.15) is 0 Å². The summed E-state index contributed by atoms with van der Waals surface area (Å²) in [6, 6.07) is 12.5. The summed E-state index contributed by atoms with van der Waals surface area (Å²) < 4.78 is 37.8. The maximum Gasteiger partial charge on any atom is 0.408 e. The van der Waals surface area contributed by atoms with Crippen molar-refractivity contribution in [2.75, 3.05) is 36.0 Å². The first-order chi connectivity index (χ1) is 24.1. The number of alkyl halides is 2. The van der Waals surface area contributed by atoms with Crippen molar-refractivity contribution in [3.05, 3.63) is 93.8 Å². The number of fused-ring (bicyclic) bond motifs is 1. The molecule has 2 aliphatic rings. The molecule has 1 amide bonds. The van der Waals surface area contributed by atoms with Gasteiger partial charge in [0.2, 0.25) is 0 Å². The average molecular weight is 702 g/mol. The highest BCUT2D eigenvalue weighted by Gasteiger charge is 2.46. The molecular weight excluding hydrogens is 652 g/mol. The van der Waals surface area contributed by atoms with Crippen molar-refractivity contribution in [3.8, 4) is 0 Å². The predicted octanol–water partition coefficient (Wildman–Crippen LogP) is 6.36. The van der Waals surface area contributed by atoms with Gasteiger partial charge in [-0.1, -0.05) is 0 Å². The number of piperidine rings is 2. The summed E-state index contributed by atoms with van der Waals surface area (Å²) in [5, 5.41) is 2.91.